The molecule has 2 aromatic rings. The second-order valence-electron chi connectivity index (χ2n) is 11.4. The fourth-order valence-corrected chi connectivity index (χ4v) is 5.70. The third-order valence-corrected chi connectivity index (χ3v) is 8.51. The molecule has 4 rings (SSSR count). The van der Waals surface area contributed by atoms with Gasteiger partial charge < -0.3 is 25.3 Å². The number of nitrogens with one attached hydrogen (secondary N) is 1. The Balaban J connectivity index is 1.62. The van der Waals surface area contributed by atoms with Crippen LogP contribution in [0.2, 0.25) is 0 Å². The van der Waals surface area contributed by atoms with Crippen LogP contribution in [0, 0.1) is 19.8 Å². The molecule has 5 atom stereocenters. The molecule has 2 aromatic carbocycles. The fourth-order valence-electron chi connectivity index (χ4n) is 5.70. The van der Waals surface area contributed by atoms with Crippen LogP contribution in [0.4, 0.5) is 8.78 Å². The van der Waals surface area contributed by atoms with E-state index < -0.39 is 53.9 Å². The van der Waals surface area contributed by atoms with E-state index in [0.717, 1.165) is 9.80 Å². The normalized spacial score (nSPS) is 23.7. The van der Waals surface area contributed by atoms with E-state index in [-0.39, 0.29) is 30.2 Å². The van der Waals surface area contributed by atoms with Crippen molar-refractivity contribution in [1.29, 1.82) is 0 Å². The van der Waals surface area contributed by atoms with Gasteiger partial charge in [0.05, 0.1) is 12.6 Å². The van der Waals surface area contributed by atoms with Gasteiger partial charge in [-0.2, -0.15) is 0 Å². The Kier molecular flexibility index (Phi) is 7.95. The van der Waals surface area contributed by atoms with Gasteiger partial charge in [0.2, 0.25) is 5.91 Å². The fraction of sp³-hybridized carbons (Fsp3) is 0.500. The monoisotopic (exact) mass is 557 g/mol. The van der Waals surface area contributed by atoms with E-state index >= 15 is 8.78 Å². The lowest BCUT2D eigenvalue weighted by Crippen LogP contribution is -2.79. The van der Waals surface area contributed by atoms with E-state index in [9.17, 15) is 24.6 Å². The summed E-state index contributed by atoms with van der Waals surface area (Å²) in [6, 6.07) is 9.30. The van der Waals surface area contributed by atoms with Gasteiger partial charge in [0.1, 0.15) is 17.3 Å². The maximum Gasteiger partial charge on any atom is 0.290 e. The number of benzene rings is 2. The molecule has 2 heterocycles. The number of hydrogen-bond donors (Lipinski definition) is 3. The number of hydrogen-bond acceptors (Lipinski definition) is 5. The molecule has 0 radical (unpaired) electrons. The smallest absolute Gasteiger partial charge is 0.290 e. The molecule has 0 bridgehead atoms. The van der Waals surface area contributed by atoms with Crippen LogP contribution in [0.5, 0.6) is 5.75 Å². The molecule has 0 aliphatic carbocycles. The SMILES string of the molecule is CC[C@H](C)CN1C(=O)C2N(C(=O)[C@@H](O)[C@H](Cc3ccccc3)NC(=O)c3cc(C)cc(O)c3C)CC(F)(F)[C@@]21C. The molecule has 2 saturated heterocycles. The molecule has 2 aliphatic heterocycles. The minimum Gasteiger partial charge on any atom is -0.508 e. The lowest BCUT2D eigenvalue weighted by Gasteiger charge is -2.55. The summed E-state index contributed by atoms with van der Waals surface area (Å²) in [4.78, 5) is 41.9. The Morgan fingerprint density at radius 2 is 1.82 bits per heavy atom. The average molecular weight is 558 g/mol. The number of carbonyl (C=O) groups is 3. The second kappa shape index (κ2) is 10.8. The number of fused-ring (bicyclic) bond motifs is 1. The molecular formula is C30H37F2N3O5. The van der Waals surface area contributed by atoms with Crippen LogP contribution in [0.1, 0.15) is 54.2 Å². The number of carbonyl (C=O) groups excluding carboxylic acids is 3. The molecule has 3 amide bonds. The van der Waals surface area contributed by atoms with Gasteiger partial charge in [-0.1, -0.05) is 50.6 Å². The average Bonchev–Trinajstić information content (AvgIpc) is 3.11. The number of aromatic hydroxyl groups is 1. The van der Waals surface area contributed by atoms with Gasteiger partial charge in [0.15, 0.2) is 6.10 Å². The predicted octanol–water partition coefficient (Wildman–Crippen LogP) is 3.20. The molecule has 8 nitrogen and oxygen atoms in total. The maximum absolute atomic E-state index is 15.4. The van der Waals surface area contributed by atoms with Crippen LogP contribution in [0.25, 0.3) is 0 Å². The van der Waals surface area contributed by atoms with Gasteiger partial charge in [0, 0.05) is 17.7 Å². The highest BCUT2D eigenvalue weighted by molar-refractivity contribution is 5.99. The van der Waals surface area contributed by atoms with Crippen molar-refractivity contribution >= 4 is 17.7 Å². The van der Waals surface area contributed by atoms with Crippen molar-refractivity contribution in [3.8, 4) is 5.75 Å². The van der Waals surface area contributed by atoms with Crippen molar-refractivity contribution in [1.82, 2.24) is 15.1 Å². The van der Waals surface area contributed by atoms with Gasteiger partial charge in [-0.15, -0.1) is 0 Å². The number of phenolic OH excluding ortho intramolecular Hbond substituents is 1. The van der Waals surface area contributed by atoms with Gasteiger partial charge >= 0.3 is 0 Å². The van der Waals surface area contributed by atoms with E-state index in [1.165, 1.54) is 13.0 Å². The summed E-state index contributed by atoms with van der Waals surface area (Å²) in [7, 11) is 0. The Labute approximate surface area is 233 Å². The van der Waals surface area contributed by atoms with E-state index in [1.54, 1.807) is 50.2 Å². The van der Waals surface area contributed by atoms with Gasteiger partial charge in [0.25, 0.3) is 17.7 Å². The first-order chi connectivity index (χ1) is 18.7. The second-order valence-corrected chi connectivity index (χ2v) is 11.4. The number of alkyl halides is 2. The topological polar surface area (TPSA) is 110 Å². The highest BCUT2D eigenvalue weighted by Gasteiger charge is 2.77. The minimum absolute atomic E-state index is 0.00264. The van der Waals surface area contributed by atoms with Crippen molar-refractivity contribution in [2.45, 2.75) is 77.1 Å². The third kappa shape index (κ3) is 4.93. The van der Waals surface area contributed by atoms with Gasteiger partial charge in [-0.25, -0.2) is 8.78 Å². The number of phenols is 1. The maximum atomic E-state index is 15.4. The molecule has 2 aliphatic rings. The molecule has 0 saturated carbocycles. The first kappa shape index (κ1) is 29.5. The predicted molar refractivity (Wildman–Crippen MR) is 145 cm³/mol. The van der Waals surface area contributed by atoms with Crippen LogP contribution in [-0.2, 0) is 16.0 Å². The van der Waals surface area contributed by atoms with Crippen LogP contribution in [0.15, 0.2) is 42.5 Å². The van der Waals surface area contributed by atoms with E-state index in [1.807, 2.05) is 13.8 Å². The number of aliphatic hydroxyl groups is 1. The lowest BCUT2D eigenvalue weighted by atomic mass is 9.77. The Hall–Kier alpha value is -3.53. The highest BCUT2D eigenvalue weighted by atomic mass is 19.3. The number of aliphatic hydroxyl groups excluding tert-OH is 1. The number of likely N-dealkylation sites (tertiary alicyclic amines) is 2. The molecule has 0 spiro atoms. The van der Waals surface area contributed by atoms with Gasteiger partial charge in [-0.05, 0) is 56.4 Å². The Bertz CT molecular complexity index is 1300. The van der Waals surface area contributed by atoms with Crippen LogP contribution >= 0.6 is 0 Å². The summed E-state index contributed by atoms with van der Waals surface area (Å²) in [5.74, 6) is -5.72. The zero-order chi connectivity index (χ0) is 29.6. The first-order valence-electron chi connectivity index (χ1n) is 13.6. The summed E-state index contributed by atoms with van der Waals surface area (Å²) in [6.07, 6.45) is -1.18. The highest BCUT2D eigenvalue weighted by Crippen LogP contribution is 2.52. The molecule has 216 valence electrons. The largest absolute Gasteiger partial charge is 0.508 e. The Morgan fingerprint density at radius 1 is 1.18 bits per heavy atom. The molecule has 40 heavy (non-hydrogen) atoms. The molecule has 1 unspecified atom stereocenters. The summed E-state index contributed by atoms with van der Waals surface area (Å²) >= 11 is 0. The van der Waals surface area contributed by atoms with Crippen LogP contribution in [0.3, 0.4) is 0 Å². The summed E-state index contributed by atoms with van der Waals surface area (Å²) < 4.78 is 30.8. The number of amides is 3. The van der Waals surface area contributed by atoms with Crippen molar-refractivity contribution in [2.24, 2.45) is 5.92 Å². The molecule has 0 aromatic heterocycles. The van der Waals surface area contributed by atoms with E-state index in [0.29, 0.717) is 23.1 Å². The van der Waals surface area contributed by atoms with Crippen molar-refractivity contribution < 1.29 is 33.4 Å². The quantitative estimate of drug-likeness (QED) is 0.411. The van der Waals surface area contributed by atoms with Crippen LogP contribution < -0.4 is 5.32 Å². The molecule has 3 N–H and O–H groups in total. The number of aryl methyl sites for hydroxylation is 1. The number of halogens is 2. The standard InChI is InChI=1S/C30H37F2N3O5/c1-6-17(2)15-35-28(40)25-29(35,5)30(31,32)16-34(25)27(39)24(37)22(14-20-10-8-7-9-11-20)33-26(38)21-12-18(3)13-23(36)19(21)4/h7-13,17,22,24-25,36-37H,6,14-16H2,1-5H3,(H,33,38)/t17-,22-,24-,25?,29+/m0/s1. The van der Waals surface area contributed by atoms with E-state index in [2.05, 4.69) is 5.32 Å². The van der Waals surface area contributed by atoms with Crippen molar-refractivity contribution in [3.05, 3.63) is 64.7 Å². The number of rotatable bonds is 9. The summed E-state index contributed by atoms with van der Waals surface area (Å²) in [5.41, 5.74) is -0.0748. The number of nitrogens with zero attached hydrogens (tertiary/aromatic N) is 2. The molecule has 10 heteroatoms. The molecule has 2 fully saturated rings. The van der Waals surface area contributed by atoms with E-state index in [4.69, 9.17) is 0 Å². The summed E-state index contributed by atoms with van der Waals surface area (Å²) in [6.45, 7) is 7.49. The lowest BCUT2D eigenvalue weighted by molar-refractivity contribution is -0.192. The zero-order valence-electron chi connectivity index (χ0n) is 23.4. The van der Waals surface area contributed by atoms with Crippen molar-refractivity contribution in [3.63, 3.8) is 0 Å². The first-order valence-corrected chi connectivity index (χ1v) is 13.6. The summed E-state index contributed by atoms with van der Waals surface area (Å²) in [5, 5.41) is 24.1. The van der Waals surface area contributed by atoms with Crippen molar-refractivity contribution in [2.75, 3.05) is 13.1 Å². The van der Waals surface area contributed by atoms with Crippen LogP contribution in [-0.4, -0.2) is 80.5 Å². The number of β-lactam (4-membered cyclic amide) rings is 1. The van der Waals surface area contributed by atoms with Gasteiger partial charge in [-0.3, -0.25) is 14.4 Å². The molecular weight excluding hydrogens is 520 g/mol. The zero-order valence-corrected chi connectivity index (χ0v) is 23.4. The Morgan fingerprint density at radius 3 is 2.45 bits per heavy atom. The third-order valence-electron chi connectivity index (χ3n) is 8.51. The minimum atomic E-state index is -3.39.